The van der Waals surface area contributed by atoms with Gasteiger partial charge < -0.3 is 16.2 Å². The topological polar surface area (TPSA) is 95.7 Å². The van der Waals surface area contributed by atoms with Gasteiger partial charge in [0.2, 0.25) is 5.91 Å². The lowest BCUT2D eigenvalue weighted by Crippen LogP contribution is -2.39. The Morgan fingerprint density at radius 2 is 2.15 bits per heavy atom. The van der Waals surface area contributed by atoms with Gasteiger partial charge in [-0.25, -0.2) is 0 Å². The number of carbonyl (C=O) groups is 2. The number of aliphatic hydroxyl groups excluding tert-OH is 1. The number of hydrogen-bond acceptors (Lipinski definition) is 5. The molecule has 2 rings (SSSR count). The highest BCUT2D eigenvalue weighted by atomic mass is 32.1. The summed E-state index contributed by atoms with van der Waals surface area (Å²) >= 11 is 1.29. The van der Waals surface area contributed by atoms with E-state index in [1.54, 1.807) is 11.4 Å². The molecule has 0 aliphatic carbocycles. The first-order chi connectivity index (χ1) is 9.60. The Morgan fingerprint density at radius 3 is 2.75 bits per heavy atom. The summed E-state index contributed by atoms with van der Waals surface area (Å²) in [5, 5.41) is 14.0. The van der Waals surface area contributed by atoms with Crippen LogP contribution in [0.1, 0.15) is 23.2 Å². The zero-order chi connectivity index (χ0) is 14.5. The van der Waals surface area contributed by atoms with Crippen molar-refractivity contribution in [3.05, 3.63) is 17.0 Å². The molecule has 0 spiro atoms. The molecule has 20 heavy (non-hydrogen) atoms. The smallest absolute Gasteiger partial charge is 0.251 e. The molecule has 6 nitrogen and oxygen atoms in total. The van der Waals surface area contributed by atoms with Crippen LogP contribution in [0.2, 0.25) is 0 Å². The van der Waals surface area contributed by atoms with E-state index in [0.29, 0.717) is 23.0 Å². The van der Waals surface area contributed by atoms with Crippen molar-refractivity contribution in [1.82, 2.24) is 4.90 Å². The van der Waals surface area contributed by atoms with Crippen LogP contribution in [0, 0.1) is 5.92 Å². The highest BCUT2D eigenvalue weighted by Gasteiger charge is 2.21. The van der Waals surface area contributed by atoms with E-state index < -0.39 is 5.91 Å². The highest BCUT2D eigenvalue weighted by molar-refractivity contribution is 7.14. The minimum Gasteiger partial charge on any atom is -0.396 e. The monoisotopic (exact) mass is 297 g/mol. The molecule has 2 heterocycles. The lowest BCUT2D eigenvalue weighted by molar-refractivity contribution is -0.117. The number of aliphatic hydroxyl groups is 1. The minimum atomic E-state index is -0.537. The normalized spacial score (nSPS) is 17.1. The second-order valence-electron chi connectivity index (χ2n) is 4.98. The van der Waals surface area contributed by atoms with Gasteiger partial charge in [-0.1, -0.05) is 0 Å². The number of anilines is 1. The van der Waals surface area contributed by atoms with Gasteiger partial charge >= 0.3 is 0 Å². The number of carbonyl (C=O) groups excluding carboxylic acids is 2. The Morgan fingerprint density at radius 1 is 1.45 bits per heavy atom. The van der Waals surface area contributed by atoms with Crippen molar-refractivity contribution in [2.75, 3.05) is 31.6 Å². The van der Waals surface area contributed by atoms with Crippen molar-refractivity contribution >= 4 is 28.2 Å². The van der Waals surface area contributed by atoms with Crippen LogP contribution in [0.3, 0.4) is 0 Å². The van der Waals surface area contributed by atoms with Crippen LogP contribution < -0.4 is 11.1 Å². The molecule has 1 aromatic rings. The fourth-order valence-electron chi connectivity index (χ4n) is 2.30. The van der Waals surface area contributed by atoms with E-state index in [1.807, 2.05) is 0 Å². The zero-order valence-corrected chi connectivity index (χ0v) is 12.0. The minimum absolute atomic E-state index is 0.141. The number of nitrogens with zero attached hydrogens (tertiary/aromatic N) is 1. The molecule has 1 aromatic heterocycles. The second-order valence-corrected chi connectivity index (χ2v) is 5.89. The molecule has 110 valence electrons. The van der Waals surface area contributed by atoms with Gasteiger partial charge in [0.15, 0.2) is 0 Å². The van der Waals surface area contributed by atoms with Crippen molar-refractivity contribution in [2.45, 2.75) is 12.8 Å². The molecule has 1 aliphatic rings. The van der Waals surface area contributed by atoms with E-state index in [0.717, 1.165) is 25.9 Å². The van der Waals surface area contributed by atoms with Gasteiger partial charge in [-0.2, -0.15) is 0 Å². The Bertz CT molecular complexity index is 481. The van der Waals surface area contributed by atoms with Gasteiger partial charge in [-0.15, -0.1) is 11.3 Å². The molecular formula is C13H19N3O3S. The largest absolute Gasteiger partial charge is 0.396 e. The Hall–Kier alpha value is -1.44. The summed E-state index contributed by atoms with van der Waals surface area (Å²) in [6, 6.07) is 1.61. The van der Waals surface area contributed by atoms with Gasteiger partial charge in [0.25, 0.3) is 5.91 Å². The van der Waals surface area contributed by atoms with Crippen molar-refractivity contribution in [2.24, 2.45) is 11.7 Å². The maximum atomic E-state index is 12.0. The molecule has 0 saturated carbocycles. The quantitative estimate of drug-likeness (QED) is 0.737. The van der Waals surface area contributed by atoms with Crippen LogP contribution in [0.5, 0.6) is 0 Å². The molecule has 0 bridgehead atoms. The number of nitrogens with one attached hydrogen (secondary N) is 1. The predicted octanol–water partition coefficient (Wildman–Crippen LogP) is 0.490. The summed E-state index contributed by atoms with van der Waals surface area (Å²) < 4.78 is 0. The fraction of sp³-hybridized carbons (Fsp3) is 0.538. The van der Waals surface area contributed by atoms with E-state index in [-0.39, 0.29) is 12.5 Å². The Kier molecular flexibility index (Phi) is 5.11. The van der Waals surface area contributed by atoms with E-state index in [2.05, 4.69) is 10.2 Å². The number of nitrogens with two attached hydrogens (primary N) is 1. The molecule has 1 fully saturated rings. The molecule has 1 aliphatic heterocycles. The van der Waals surface area contributed by atoms with Crippen LogP contribution in [-0.4, -0.2) is 48.1 Å². The zero-order valence-electron chi connectivity index (χ0n) is 11.2. The summed E-state index contributed by atoms with van der Waals surface area (Å²) in [5.41, 5.74) is 5.58. The average Bonchev–Trinajstić information content (AvgIpc) is 2.87. The molecular weight excluding hydrogens is 278 g/mol. The van der Waals surface area contributed by atoms with E-state index in [4.69, 9.17) is 10.8 Å². The summed E-state index contributed by atoms with van der Waals surface area (Å²) in [4.78, 5) is 25.2. The first-order valence-corrected chi connectivity index (χ1v) is 7.48. The molecule has 2 amide bonds. The number of likely N-dealkylation sites (tertiary alicyclic amines) is 1. The number of thiophene rings is 1. The lowest BCUT2D eigenvalue weighted by Gasteiger charge is -2.30. The Labute approximate surface area is 121 Å². The molecule has 0 radical (unpaired) electrons. The first-order valence-electron chi connectivity index (χ1n) is 6.60. The van der Waals surface area contributed by atoms with Gasteiger partial charge in [-0.05, 0) is 43.3 Å². The van der Waals surface area contributed by atoms with Crippen molar-refractivity contribution in [3.63, 3.8) is 0 Å². The summed E-state index contributed by atoms with van der Waals surface area (Å²) in [5.74, 6) is -0.323. The summed E-state index contributed by atoms with van der Waals surface area (Å²) in [6.07, 6.45) is 1.82. The van der Waals surface area contributed by atoms with Crippen LogP contribution in [0.25, 0.3) is 0 Å². The molecule has 4 N–H and O–H groups in total. The predicted molar refractivity (Wildman–Crippen MR) is 77.7 cm³/mol. The third-order valence-electron chi connectivity index (χ3n) is 3.52. The number of amides is 2. The number of piperidine rings is 1. The summed E-state index contributed by atoms with van der Waals surface area (Å²) in [6.45, 7) is 2.14. The second kappa shape index (κ2) is 6.83. The standard InChI is InChI=1S/C13H19N3O3S/c14-12(19)10-3-6-20-13(10)15-11(18)7-16-4-1-9(8-17)2-5-16/h3,6,9,17H,1-2,4-5,7-8H2,(H2,14,19)(H,15,18). The number of rotatable bonds is 5. The maximum Gasteiger partial charge on any atom is 0.251 e. The van der Waals surface area contributed by atoms with Gasteiger partial charge in [0.05, 0.1) is 12.1 Å². The van der Waals surface area contributed by atoms with Gasteiger partial charge in [0, 0.05) is 6.61 Å². The van der Waals surface area contributed by atoms with E-state index in [1.165, 1.54) is 11.3 Å². The average molecular weight is 297 g/mol. The van der Waals surface area contributed by atoms with Crippen LogP contribution in [-0.2, 0) is 4.79 Å². The maximum absolute atomic E-state index is 12.0. The van der Waals surface area contributed by atoms with Crippen molar-refractivity contribution in [3.8, 4) is 0 Å². The molecule has 1 saturated heterocycles. The van der Waals surface area contributed by atoms with Gasteiger partial charge in [-0.3, -0.25) is 14.5 Å². The molecule has 7 heteroatoms. The summed E-state index contributed by atoms with van der Waals surface area (Å²) in [7, 11) is 0. The third kappa shape index (κ3) is 3.78. The van der Waals surface area contributed by atoms with Crippen molar-refractivity contribution in [1.29, 1.82) is 0 Å². The molecule has 0 unspecified atom stereocenters. The van der Waals surface area contributed by atoms with Gasteiger partial charge in [0.1, 0.15) is 5.00 Å². The fourth-order valence-corrected chi connectivity index (χ4v) is 3.11. The molecule has 0 aromatic carbocycles. The van der Waals surface area contributed by atoms with E-state index in [9.17, 15) is 9.59 Å². The van der Waals surface area contributed by atoms with E-state index >= 15 is 0 Å². The van der Waals surface area contributed by atoms with Crippen LogP contribution in [0.4, 0.5) is 5.00 Å². The first kappa shape index (κ1) is 15.0. The lowest BCUT2D eigenvalue weighted by atomic mass is 9.98. The van der Waals surface area contributed by atoms with Crippen LogP contribution in [0.15, 0.2) is 11.4 Å². The number of hydrogen-bond donors (Lipinski definition) is 3. The van der Waals surface area contributed by atoms with Crippen LogP contribution >= 0.6 is 11.3 Å². The van der Waals surface area contributed by atoms with Crippen molar-refractivity contribution < 1.29 is 14.7 Å². The highest BCUT2D eigenvalue weighted by Crippen LogP contribution is 2.23. The third-order valence-corrected chi connectivity index (χ3v) is 4.35. The SMILES string of the molecule is NC(=O)c1ccsc1NC(=O)CN1CCC(CO)CC1. The number of primary amides is 1. The molecule has 0 atom stereocenters. The Balaban J connectivity index is 1.84.